The first-order valence-electron chi connectivity index (χ1n) is 5.62. The van der Waals surface area contributed by atoms with Crippen LogP contribution in [0, 0.1) is 0 Å². The zero-order chi connectivity index (χ0) is 10.5. The van der Waals surface area contributed by atoms with Crippen molar-refractivity contribution in [1.29, 1.82) is 0 Å². The molecule has 0 N–H and O–H groups in total. The number of allylic oxidation sites excluding steroid dienone is 2. The first-order valence-corrected chi connectivity index (χ1v) is 5.62. The maximum absolute atomic E-state index is 9.81. The van der Waals surface area contributed by atoms with Gasteiger partial charge in [-0.2, -0.15) is 0 Å². The third kappa shape index (κ3) is 11.2. The fraction of sp³-hybridized carbons (Fsp3) is 0.750. The van der Waals surface area contributed by atoms with Gasteiger partial charge in [-0.15, -0.1) is 0 Å². The number of rotatable bonds is 10. The second kappa shape index (κ2) is 12.2. The molecule has 0 amide bonds. The summed E-state index contributed by atoms with van der Waals surface area (Å²) < 4.78 is 4.60. The molecule has 0 aliphatic heterocycles. The van der Waals surface area contributed by atoms with E-state index in [-0.39, 0.29) is 0 Å². The van der Waals surface area contributed by atoms with E-state index in [1.54, 1.807) is 0 Å². The molecule has 0 aliphatic rings. The van der Waals surface area contributed by atoms with Crippen LogP contribution in [0.25, 0.3) is 0 Å². The van der Waals surface area contributed by atoms with Crippen molar-refractivity contribution in [2.24, 2.45) is 0 Å². The van der Waals surface area contributed by atoms with Gasteiger partial charge in [0.2, 0.25) is 0 Å². The molecule has 0 aliphatic carbocycles. The highest BCUT2D eigenvalue weighted by Crippen LogP contribution is 2.04. The molecule has 82 valence electrons. The van der Waals surface area contributed by atoms with Gasteiger partial charge in [0.1, 0.15) is 0 Å². The van der Waals surface area contributed by atoms with Crippen molar-refractivity contribution in [3.8, 4) is 0 Å². The molecule has 14 heavy (non-hydrogen) atoms. The van der Waals surface area contributed by atoms with Gasteiger partial charge in [0.15, 0.2) is 0 Å². The molecule has 2 nitrogen and oxygen atoms in total. The molecule has 2 heteroatoms. The van der Waals surface area contributed by atoms with Gasteiger partial charge in [0.25, 0.3) is 6.47 Å². The SMILES string of the molecule is CCC/C=C/CCCCCCOC=O. The lowest BCUT2D eigenvalue weighted by Gasteiger charge is -1.98. The van der Waals surface area contributed by atoms with Crippen molar-refractivity contribution >= 4 is 6.47 Å². The molecule has 0 aromatic carbocycles. The van der Waals surface area contributed by atoms with Crippen molar-refractivity contribution in [2.75, 3.05) is 6.61 Å². The Labute approximate surface area is 87.3 Å². The summed E-state index contributed by atoms with van der Waals surface area (Å²) in [6.45, 7) is 3.29. The minimum absolute atomic E-state index is 0.521. The third-order valence-corrected chi connectivity index (χ3v) is 2.07. The van der Waals surface area contributed by atoms with Crippen LogP contribution in [0.4, 0.5) is 0 Å². The summed E-state index contributed by atoms with van der Waals surface area (Å²) in [6.07, 6.45) is 12.8. The van der Waals surface area contributed by atoms with Crippen molar-refractivity contribution in [1.82, 2.24) is 0 Å². The Morgan fingerprint density at radius 3 is 2.43 bits per heavy atom. The van der Waals surface area contributed by atoms with Crippen molar-refractivity contribution in [3.05, 3.63) is 12.2 Å². The number of hydrogen-bond acceptors (Lipinski definition) is 2. The van der Waals surface area contributed by atoms with E-state index in [2.05, 4.69) is 23.8 Å². The Morgan fingerprint density at radius 1 is 1.00 bits per heavy atom. The summed E-state index contributed by atoms with van der Waals surface area (Å²) in [5, 5.41) is 0. The van der Waals surface area contributed by atoms with Gasteiger partial charge in [0.05, 0.1) is 6.61 Å². The van der Waals surface area contributed by atoms with E-state index in [0.717, 1.165) is 12.8 Å². The molecule has 0 unspecified atom stereocenters. The molecule has 0 heterocycles. The van der Waals surface area contributed by atoms with Crippen LogP contribution < -0.4 is 0 Å². The van der Waals surface area contributed by atoms with E-state index >= 15 is 0 Å². The van der Waals surface area contributed by atoms with Crippen LogP contribution in [0.15, 0.2) is 12.2 Å². The summed E-state index contributed by atoms with van der Waals surface area (Å²) >= 11 is 0. The summed E-state index contributed by atoms with van der Waals surface area (Å²) in [6, 6.07) is 0. The average molecular weight is 198 g/mol. The Kier molecular flexibility index (Phi) is 11.5. The second-order valence-electron chi connectivity index (χ2n) is 3.43. The highest BCUT2D eigenvalue weighted by atomic mass is 16.5. The van der Waals surface area contributed by atoms with E-state index < -0.39 is 0 Å². The smallest absolute Gasteiger partial charge is 0.293 e. The average Bonchev–Trinajstić information content (AvgIpc) is 2.21. The van der Waals surface area contributed by atoms with Crippen molar-refractivity contribution in [3.63, 3.8) is 0 Å². The number of carbonyl (C=O) groups excluding carboxylic acids is 1. The van der Waals surface area contributed by atoms with E-state index in [1.807, 2.05) is 0 Å². The highest BCUT2D eigenvalue weighted by Gasteiger charge is 1.88. The zero-order valence-corrected chi connectivity index (χ0v) is 9.21. The van der Waals surface area contributed by atoms with Gasteiger partial charge >= 0.3 is 0 Å². The standard InChI is InChI=1S/C12H22O2/c1-2-3-4-5-6-7-8-9-10-11-14-12-13/h4-5,12H,2-3,6-11H2,1H3/b5-4+. The third-order valence-electron chi connectivity index (χ3n) is 2.07. The lowest BCUT2D eigenvalue weighted by Crippen LogP contribution is -1.90. The molecule has 0 aromatic rings. The van der Waals surface area contributed by atoms with Crippen molar-refractivity contribution < 1.29 is 9.53 Å². The topological polar surface area (TPSA) is 26.3 Å². The maximum Gasteiger partial charge on any atom is 0.293 e. The molecule has 0 spiro atoms. The van der Waals surface area contributed by atoms with Gasteiger partial charge in [0, 0.05) is 0 Å². The van der Waals surface area contributed by atoms with Gasteiger partial charge in [-0.1, -0.05) is 38.3 Å². The predicted octanol–water partition coefficient (Wildman–Crippen LogP) is 3.47. The van der Waals surface area contributed by atoms with Crippen LogP contribution in [0.5, 0.6) is 0 Å². The molecule has 0 fully saturated rings. The van der Waals surface area contributed by atoms with Crippen LogP contribution in [0.3, 0.4) is 0 Å². The zero-order valence-electron chi connectivity index (χ0n) is 9.21. The number of carbonyl (C=O) groups is 1. The molecule has 0 saturated heterocycles. The molecule has 0 saturated carbocycles. The Balaban J connectivity index is 2.95. The largest absolute Gasteiger partial charge is 0.468 e. The van der Waals surface area contributed by atoms with Crippen molar-refractivity contribution in [2.45, 2.75) is 51.9 Å². The van der Waals surface area contributed by atoms with E-state index in [9.17, 15) is 4.79 Å². The minimum atomic E-state index is 0.521. The lowest BCUT2D eigenvalue weighted by atomic mass is 10.1. The normalized spacial score (nSPS) is 10.6. The predicted molar refractivity (Wildman–Crippen MR) is 59.1 cm³/mol. The van der Waals surface area contributed by atoms with Gasteiger partial charge < -0.3 is 4.74 Å². The highest BCUT2D eigenvalue weighted by molar-refractivity contribution is 5.36. The summed E-state index contributed by atoms with van der Waals surface area (Å²) in [5.41, 5.74) is 0. The monoisotopic (exact) mass is 198 g/mol. The first kappa shape index (κ1) is 13.2. The Morgan fingerprint density at radius 2 is 1.71 bits per heavy atom. The summed E-state index contributed by atoms with van der Waals surface area (Å²) in [4.78, 5) is 9.81. The van der Waals surface area contributed by atoms with E-state index in [4.69, 9.17) is 0 Å². The van der Waals surface area contributed by atoms with Crippen LogP contribution in [-0.2, 0) is 9.53 Å². The summed E-state index contributed by atoms with van der Waals surface area (Å²) in [5.74, 6) is 0. The molecule has 0 rings (SSSR count). The van der Waals surface area contributed by atoms with Crippen LogP contribution >= 0.6 is 0 Å². The molecular formula is C12H22O2. The number of hydrogen-bond donors (Lipinski definition) is 0. The number of unbranched alkanes of at least 4 members (excludes halogenated alkanes) is 5. The van der Waals surface area contributed by atoms with E-state index in [1.165, 1.54) is 32.1 Å². The fourth-order valence-electron chi connectivity index (χ4n) is 1.25. The lowest BCUT2D eigenvalue weighted by molar-refractivity contribution is -0.128. The van der Waals surface area contributed by atoms with Gasteiger partial charge in [-0.05, 0) is 25.7 Å². The minimum Gasteiger partial charge on any atom is -0.468 e. The van der Waals surface area contributed by atoms with E-state index in [0.29, 0.717) is 13.1 Å². The quantitative estimate of drug-likeness (QED) is 0.305. The Hall–Kier alpha value is -0.790. The molecule has 0 bridgehead atoms. The van der Waals surface area contributed by atoms with Crippen LogP contribution in [-0.4, -0.2) is 13.1 Å². The molecule has 0 atom stereocenters. The van der Waals surface area contributed by atoms with Crippen LogP contribution in [0.1, 0.15) is 51.9 Å². The van der Waals surface area contributed by atoms with Gasteiger partial charge in [-0.25, -0.2) is 0 Å². The number of ether oxygens (including phenoxy) is 1. The molecule has 0 radical (unpaired) electrons. The van der Waals surface area contributed by atoms with Crippen LogP contribution in [0.2, 0.25) is 0 Å². The fourth-order valence-corrected chi connectivity index (χ4v) is 1.25. The molecule has 0 aromatic heterocycles. The molecular weight excluding hydrogens is 176 g/mol. The summed E-state index contributed by atoms with van der Waals surface area (Å²) in [7, 11) is 0. The first-order chi connectivity index (χ1) is 6.91. The van der Waals surface area contributed by atoms with Gasteiger partial charge in [-0.3, -0.25) is 4.79 Å². The Bertz CT molecular complexity index is 141. The maximum atomic E-state index is 9.81. The second-order valence-corrected chi connectivity index (χ2v) is 3.43.